The van der Waals surface area contributed by atoms with Crippen molar-refractivity contribution in [2.75, 3.05) is 0 Å². The number of furan rings is 1. The zero-order chi connectivity index (χ0) is 19.8. The molecule has 0 radical (unpaired) electrons. The third kappa shape index (κ3) is 4.26. The molecule has 0 aliphatic heterocycles. The number of hydrogen-bond acceptors (Lipinski definition) is 6. The van der Waals surface area contributed by atoms with Crippen LogP contribution in [0.1, 0.15) is 39.7 Å². The monoisotopic (exact) mass is 405 g/mol. The summed E-state index contributed by atoms with van der Waals surface area (Å²) in [7, 11) is -3.80. The number of nitrogens with zero attached hydrogens (tertiary/aromatic N) is 1. The molecule has 3 aromatic rings. The molecule has 1 atom stereocenters. The second-order valence-electron chi connectivity index (χ2n) is 6.16. The minimum absolute atomic E-state index is 0.00513. The van der Waals surface area contributed by atoms with Gasteiger partial charge in [0.2, 0.25) is 10.0 Å². The van der Waals surface area contributed by atoms with Gasteiger partial charge in [-0.3, -0.25) is 4.79 Å². The predicted octanol–water partition coefficient (Wildman–Crippen LogP) is 3.16. The molecule has 1 aromatic carbocycles. The summed E-state index contributed by atoms with van der Waals surface area (Å²) < 4.78 is 28.6. The fraction of sp³-hybridized carbons (Fsp3) is 0.222. The first kappa shape index (κ1) is 19.3. The Balaban J connectivity index is 1.80. The average Bonchev–Trinajstić information content (AvgIpc) is 3.20. The molecular formula is C18H19N3O4S2. The number of sulfonamides is 1. The average molecular weight is 406 g/mol. The summed E-state index contributed by atoms with van der Waals surface area (Å²) >= 11 is 1.25. The van der Waals surface area contributed by atoms with Crippen LogP contribution in [0.15, 0.2) is 45.7 Å². The molecule has 2 aromatic heterocycles. The highest BCUT2D eigenvalue weighted by Gasteiger charge is 2.20. The van der Waals surface area contributed by atoms with E-state index >= 15 is 0 Å². The highest BCUT2D eigenvalue weighted by molar-refractivity contribution is 7.89. The molecule has 9 heteroatoms. The van der Waals surface area contributed by atoms with E-state index in [1.807, 2.05) is 19.1 Å². The normalized spacial score (nSPS) is 12.7. The van der Waals surface area contributed by atoms with Gasteiger partial charge in [0.05, 0.1) is 16.6 Å². The van der Waals surface area contributed by atoms with E-state index in [0.29, 0.717) is 26.9 Å². The minimum Gasteiger partial charge on any atom is -0.459 e. The number of aromatic nitrogens is 1. The summed E-state index contributed by atoms with van der Waals surface area (Å²) in [5.74, 6) is 1.11. The summed E-state index contributed by atoms with van der Waals surface area (Å²) in [6, 6.07) is 9.44. The fourth-order valence-corrected chi connectivity index (χ4v) is 4.07. The summed E-state index contributed by atoms with van der Waals surface area (Å²) in [5, 5.41) is 8.67. The number of benzene rings is 1. The summed E-state index contributed by atoms with van der Waals surface area (Å²) in [4.78, 5) is 17.6. The van der Waals surface area contributed by atoms with E-state index in [0.717, 1.165) is 5.76 Å². The van der Waals surface area contributed by atoms with E-state index in [2.05, 4.69) is 10.3 Å². The number of hydrogen-bond donors (Lipinski definition) is 2. The Morgan fingerprint density at radius 2 is 2.00 bits per heavy atom. The van der Waals surface area contributed by atoms with Crippen LogP contribution >= 0.6 is 11.3 Å². The number of thiazole rings is 1. The van der Waals surface area contributed by atoms with E-state index < -0.39 is 16.1 Å². The van der Waals surface area contributed by atoms with Gasteiger partial charge >= 0.3 is 0 Å². The van der Waals surface area contributed by atoms with Crippen LogP contribution < -0.4 is 10.5 Å². The number of nitrogens with one attached hydrogen (secondary N) is 1. The van der Waals surface area contributed by atoms with Gasteiger partial charge in [-0.2, -0.15) is 0 Å². The van der Waals surface area contributed by atoms with Crippen LogP contribution in [-0.2, 0) is 10.0 Å². The zero-order valence-electron chi connectivity index (χ0n) is 15.0. The molecule has 1 unspecified atom stereocenters. The second kappa shape index (κ2) is 7.26. The number of primary sulfonamides is 1. The van der Waals surface area contributed by atoms with Crippen molar-refractivity contribution in [2.24, 2.45) is 5.14 Å². The summed E-state index contributed by atoms with van der Waals surface area (Å²) in [6.07, 6.45) is 0. The summed E-state index contributed by atoms with van der Waals surface area (Å²) in [6.45, 7) is 5.37. The lowest BCUT2D eigenvalue weighted by molar-refractivity contribution is 0.0943. The number of rotatable bonds is 5. The molecule has 0 bridgehead atoms. The standard InChI is InChI=1S/C18H19N3O4S2/c1-10-7-8-15(25-10)18-21-12(3)16(26-18)17(22)20-11(2)13-5-4-6-14(9-13)27(19,23)24/h4-9,11H,1-3H3,(H,20,22)(H2,19,23,24). The van der Waals surface area contributed by atoms with Crippen molar-refractivity contribution in [1.29, 1.82) is 0 Å². The third-order valence-electron chi connectivity index (χ3n) is 3.99. The Hall–Kier alpha value is -2.49. The molecule has 0 aliphatic rings. The molecule has 0 spiro atoms. The lowest BCUT2D eigenvalue weighted by atomic mass is 10.1. The van der Waals surface area contributed by atoms with Crippen LogP contribution in [0.25, 0.3) is 10.8 Å². The second-order valence-corrected chi connectivity index (χ2v) is 8.72. The van der Waals surface area contributed by atoms with Crippen LogP contribution in [-0.4, -0.2) is 19.3 Å². The van der Waals surface area contributed by atoms with Gasteiger partial charge in [0.1, 0.15) is 10.6 Å². The Morgan fingerprint density at radius 3 is 2.63 bits per heavy atom. The maximum absolute atomic E-state index is 12.7. The van der Waals surface area contributed by atoms with E-state index in [9.17, 15) is 13.2 Å². The van der Waals surface area contributed by atoms with Crippen LogP contribution in [0.2, 0.25) is 0 Å². The van der Waals surface area contributed by atoms with Crippen LogP contribution in [0.3, 0.4) is 0 Å². The lowest BCUT2D eigenvalue weighted by Crippen LogP contribution is -2.26. The molecule has 27 heavy (non-hydrogen) atoms. The van der Waals surface area contributed by atoms with Crippen molar-refractivity contribution in [2.45, 2.75) is 31.7 Å². The van der Waals surface area contributed by atoms with Gasteiger partial charge in [-0.25, -0.2) is 18.5 Å². The first-order chi connectivity index (χ1) is 12.6. The van der Waals surface area contributed by atoms with Crippen LogP contribution in [0, 0.1) is 13.8 Å². The molecule has 2 heterocycles. The van der Waals surface area contributed by atoms with Gasteiger partial charge in [-0.1, -0.05) is 12.1 Å². The summed E-state index contributed by atoms with van der Waals surface area (Å²) in [5.41, 5.74) is 1.24. The van der Waals surface area contributed by atoms with E-state index in [1.54, 1.807) is 26.0 Å². The first-order valence-electron chi connectivity index (χ1n) is 8.13. The molecule has 0 fully saturated rings. The molecule has 7 nitrogen and oxygen atoms in total. The maximum Gasteiger partial charge on any atom is 0.263 e. The zero-order valence-corrected chi connectivity index (χ0v) is 16.6. The lowest BCUT2D eigenvalue weighted by Gasteiger charge is -2.14. The van der Waals surface area contributed by atoms with Gasteiger partial charge in [0.15, 0.2) is 10.8 Å². The Labute approximate surface area is 161 Å². The van der Waals surface area contributed by atoms with Crippen LogP contribution in [0.4, 0.5) is 0 Å². The molecule has 0 saturated carbocycles. The van der Waals surface area contributed by atoms with Crippen molar-refractivity contribution in [3.05, 3.63) is 58.3 Å². The van der Waals surface area contributed by atoms with Gasteiger partial charge in [-0.15, -0.1) is 11.3 Å². The first-order valence-corrected chi connectivity index (χ1v) is 10.5. The molecular weight excluding hydrogens is 386 g/mol. The number of nitrogens with two attached hydrogens (primary N) is 1. The van der Waals surface area contributed by atoms with Crippen molar-refractivity contribution >= 4 is 27.3 Å². The highest BCUT2D eigenvalue weighted by Crippen LogP contribution is 2.29. The molecule has 3 rings (SSSR count). The van der Waals surface area contributed by atoms with Crippen molar-refractivity contribution < 1.29 is 17.6 Å². The number of amides is 1. The topological polar surface area (TPSA) is 115 Å². The Kier molecular flexibility index (Phi) is 5.18. The SMILES string of the molecule is Cc1ccc(-c2nc(C)c(C(=O)NC(C)c3cccc(S(N)(=O)=O)c3)s2)o1. The number of aryl methyl sites for hydroxylation is 2. The number of carbonyl (C=O) groups is 1. The third-order valence-corrected chi connectivity index (χ3v) is 6.07. The Bertz CT molecular complexity index is 1100. The van der Waals surface area contributed by atoms with Gasteiger partial charge in [0.25, 0.3) is 5.91 Å². The Morgan fingerprint density at radius 1 is 1.26 bits per heavy atom. The maximum atomic E-state index is 12.7. The van der Waals surface area contributed by atoms with Gasteiger partial charge < -0.3 is 9.73 Å². The molecule has 1 amide bonds. The van der Waals surface area contributed by atoms with Crippen LogP contribution in [0.5, 0.6) is 0 Å². The van der Waals surface area contributed by atoms with Crippen molar-refractivity contribution in [3.8, 4) is 10.8 Å². The predicted molar refractivity (Wildman–Crippen MR) is 103 cm³/mol. The molecule has 142 valence electrons. The van der Waals surface area contributed by atoms with Crippen molar-refractivity contribution in [1.82, 2.24) is 10.3 Å². The van der Waals surface area contributed by atoms with Gasteiger partial charge in [0, 0.05) is 0 Å². The molecule has 0 saturated heterocycles. The van der Waals surface area contributed by atoms with Gasteiger partial charge in [-0.05, 0) is 50.6 Å². The number of carbonyl (C=O) groups excluding carboxylic acids is 1. The largest absolute Gasteiger partial charge is 0.459 e. The molecule has 3 N–H and O–H groups in total. The fourth-order valence-electron chi connectivity index (χ4n) is 2.57. The smallest absolute Gasteiger partial charge is 0.263 e. The van der Waals surface area contributed by atoms with E-state index in [-0.39, 0.29) is 10.8 Å². The molecule has 0 aliphatic carbocycles. The quantitative estimate of drug-likeness (QED) is 0.676. The van der Waals surface area contributed by atoms with E-state index in [1.165, 1.54) is 23.5 Å². The minimum atomic E-state index is -3.80. The van der Waals surface area contributed by atoms with E-state index in [4.69, 9.17) is 9.56 Å². The highest BCUT2D eigenvalue weighted by atomic mass is 32.2. The van der Waals surface area contributed by atoms with Crippen molar-refractivity contribution in [3.63, 3.8) is 0 Å².